The van der Waals surface area contributed by atoms with Crippen LogP contribution in [0.15, 0.2) is 30.3 Å². The van der Waals surface area contributed by atoms with Crippen LogP contribution in [-0.4, -0.2) is 12.5 Å². The molecule has 0 aliphatic carbocycles. The number of hydrogen-bond donors (Lipinski definition) is 1. The van der Waals surface area contributed by atoms with Gasteiger partial charge in [0.05, 0.1) is 6.07 Å². The Morgan fingerprint density at radius 3 is 2.71 bits per heavy atom. The molecule has 0 saturated carbocycles. The van der Waals surface area contributed by atoms with Crippen LogP contribution in [0.4, 0.5) is 0 Å². The minimum Gasteiger partial charge on any atom is -0.354 e. The fourth-order valence-corrected chi connectivity index (χ4v) is 1.43. The zero-order valence-electron chi connectivity index (χ0n) is 9.52. The van der Waals surface area contributed by atoms with Gasteiger partial charge in [-0.25, -0.2) is 0 Å². The van der Waals surface area contributed by atoms with E-state index in [0.717, 1.165) is 5.56 Å². The lowest BCUT2D eigenvalue weighted by molar-refractivity contribution is -0.123. The van der Waals surface area contributed by atoms with Gasteiger partial charge in [-0.05, 0) is 12.0 Å². The van der Waals surface area contributed by atoms with Gasteiger partial charge < -0.3 is 5.32 Å². The Morgan fingerprint density at radius 2 is 2.12 bits per heavy atom. The van der Waals surface area contributed by atoms with Crippen molar-refractivity contribution in [3.63, 3.8) is 0 Å². The van der Waals surface area contributed by atoms with E-state index in [1.54, 1.807) is 0 Å². The van der Waals surface area contributed by atoms with Gasteiger partial charge in [0.2, 0.25) is 5.91 Å². The van der Waals surface area contributed by atoms with Crippen molar-refractivity contribution in [2.75, 3.05) is 6.54 Å². The number of nitrogens with one attached hydrogen (secondary N) is 1. The highest BCUT2D eigenvalue weighted by Crippen LogP contribution is 2.08. The monoisotopic (exact) mass is 226 g/mol. The van der Waals surface area contributed by atoms with Crippen molar-refractivity contribution in [3.8, 4) is 18.4 Å². The summed E-state index contributed by atoms with van der Waals surface area (Å²) in [7, 11) is 0. The maximum Gasteiger partial charge on any atom is 0.237 e. The fourth-order valence-electron chi connectivity index (χ4n) is 1.43. The molecule has 1 aromatic rings. The van der Waals surface area contributed by atoms with Crippen molar-refractivity contribution in [2.24, 2.45) is 5.92 Å². The quantitative estimate of drug-likeness (QED) is 0.611. The highest BCUT2D eigenvalue weighted by atomic mass is 16.1. The molecule has 1 N–H and O–H groups in total. The van der Waals surface area contributed by atoms with E-state index >= 15 is 0 Å². The molecular formula is C14H14N2O. The lowest BCUT2D eigenvalue weighted by Gasteiger charge is -2.09. The third kappa shape index (κ3) is 4.40. The van der Waals surface area contributed by atoms with Gasteiger partial charge >= 0.3 is 0 Å². The predicted molar refractivity (Wildman–Crippen MR) is 65.7 cm³/mol. The third-order valence-electron chi connectivity index (χ3n) is 2.32. The van der Waals surface area contributed by atoms with Crippen LogP contribution >= 0.6 is 0 Å². The van der Waals surface area contributed by atoms with Gasteiger partial charge in [-0.2, -0.15) is 5.26 Å². The zero-order valence-corrected chi connectivity index (χ0v) is 9.52. The molecule has 1 rings (SSSR count). The molecular weight excluding hydrogens is 212 g/mol. The van der Waals surface area contributed by atoms with E-state index in [0.29, 0.717) is 19.4 Å². The van der Waals surface area contributed by atoms with Crippen molar-refractivity contribution in [1.82, 2.24) is 5.32 Å². The molecule has 0 radical (unpaired) electrons. The Labute approximate surface area is 101 Å². The highest BCUT2D eigenvalue weighted by Gasteiger charge is 2.17. The SMILES string of the molecule is C#CCCNC(=O)C(C#N)Cc1ccccc1. The van der Waals surface area contributed by atoms with E-state index in [1.165, 1.54) is 0 Å². The lowest BCUT2D eigenvalue weighted by Crippen LogP contribution is -2.31. The molecule has 1 atom stereocenters. The standard InChI is InChI=1S/C14H14N2O/c1-2-3-9-16-14(17)13(11-15)10-12-7-5-4-6-8-12/h1,4-8,13H,3,9-10H2,(H,16,17). The van der Waals surface area contributed by atoms with Gasteiger partial charge in [-0.1, -0.05) is 30.3 Å². The summed E-state index contributed by atoms with van der Waals surface area (Å²) in [5.41, 5.74) is 0.978. The van der Waals surface area contributed by atoms with Crippen LogP contribution in [0.25, 0.3) is 0 Å². The number of rotatable bonds is 5. The van der Waals surface area contributed by atoms with E-state index in [-0.39, 0.29) is 5.91 Å². The second-order valence-corrected chi connectivity index (χ2v) is 3.62. The van der Waals surface area contributed by atoms with Crippen molar-refractivity contribution in [2.45, 2.75) is 12.8 Å². The van der Waals surface area contributed by atoms with Gasteiger partial charge in [0, 0.05) is 13.0 Å². The summed E-state index contributed by atoms with van der Waals surface area (Å²) in [6.45, 7) is 0.419. The topological polar surface area (TPSA) is 52.9 Å². The number of amides is 1. The molecule has 86 valence electrons. The minimum absolute atomic E-state index is 0.258. The molecule has 1 amide bonds. The number of hydrogen-bond acceptors (Lipinski definition) is 2. The van der Waals surface area contributed by atoms with Gasteiger partial charge in [0.15, 0.2) is 0 Å². The summed E-state index contributed by atoms with van der Waals surface area (Å²) in [5, 5.41) is 11.6. The second kappa shape index (κ2) is 7.09. The fraction of sp³-hybridized carbons (Fsp3) is 0.286. The van der Waals surface area contributed by atoms with Gasteiger partial charge in [0.25, 0.3) is 0 Å². The maximum absolute atomic E-state index is 11.7. The largest absolute Gasteiger partial charge is 0.354 e. The first-order valence-corrected chi connectivity index (χ1v) is 5.42. The van der Waals surface area contributed by atoms with Gasteiger partial charge in [-0.3, -0.25) is 4.79 Å². The van der Waals surface area contributed by atoms with Crippen LogP contribution in [0.2, 0.25) is 0 Å². The summed E-state index contributed by atoms with van der Waals surface area (Å²) in [5.74, 6) is 1.52. The Kier molecular flexibility index (Phi) is 5.34. The normalized spacial score (nSPS) is 10.9. The lowest BCUT2D eigenvalue weighted by atomic mass is 10.00. The first-order chi connectivity index (χ1) is 8.27. The maximum atomic E-state index is 11.7. The molecule has 0 spiro atoms. The number of carbonyl (C=O) groups is 1. The molecule has 0 heterocycles. The molecule has 0 bridgehead atoms. The summed E-state index contributed by atoms with van der Waals surface area (Å²) in [6, 6.07) is 11.5. The van der Waals surface area contributed by atoms with Crippen LogP contribution in [-0.2, 0) is 11.2 Å². The van der Waals surface area contributed by atoms with Crippen LogP contribution in [0, 0.1) is 29.6 Å². The summed E-state index contributed by atoms with van der Waals surface area (Å²) in [4.78, 5) is 11.7. The summed E-state index contributed by atoms with van der Waals surface area (Å²) < 4.78 is 0. The molecule has 0 aromatic heterocycles. The van der Waals surface area contributed by atoms with E-state index in [9.17, 15) is 4.79 Å². The van der Waals surface area contributed by atoms with Crippen molar-refractivity contribution in [3.05, 3.63) is 35.9 Å². The Bertz CT molecular complexity index is 440. The molecule has 0 fully saturated rings. The van der Waals surface area contributed by atoms with E-state index in [2.05, 4.69) is 11.2 Å². The first kappa shape index (κ1) is 12.8. The number of benzene rings is 1. The number of carbonyl (C=O) groups excluding carboxylic acids is 1. The molecule has 17 heavy (non-hydrogen) atoms. The minimum atomic E-state index is -0.657. The smallest absolute Gasteiger partial charge is 0.237 e. The average molecular weight is 226 g/mol. The molecule has 3 heteroatoms. The van der Waals surface area contributed by atoms with Crippen molar-refractivity contribution >= 4 is 5.91 Å². The molecule has 0 saturated heterocycles. The molecule has 0 aliphatic rings. The summed E-state index contributed by atoms with van der Waals surface area (Å²) >= 11 is 0. The number of nitriles is 1. The second-order valence-electron chi connectivity index (χ2n) is 3.62. The highest BCUT2D eigenvalue weighted by molar-refractivity contribution is 5.81. The Hall–Kier alpha value is -2.26. The van der Waals surface area contributed by atoms with E-state index < -0.39 is 5.92 Å². The van der Waals surface area contributed by atoms with Crippen LogP contribution in [0.1, 0.15) is 12.0 Å². The molecule has 3 nitrogen and oxygen atoms in total. The number of nitrogens with zero attached hydrogens (tertiary/aromatic N) is 1. The van der Waals surface area contributed by atoms with Gasteiger partial charge in [0.1, 0.15) is 5.92 Å². The van der Waals surface area contributed by atoms with E-state index in [4.69, 9.17) is 11.7 Å². The van der Waals surface area contributed by atoms with Crippen LogP contribution < -0.4 is 5.32 Å². The number of terminal acetylenes is 1. The first-order valence-electron chi connectivity index (χ1n) is 5.42. The summed E-state index contributed by atoms with van der Waals surface area (Å²) in [6.07, 6.45) is 5.99. The Balaban J connectivity index is 2.52. The average Bonchev–Trinajstić information content (AvgIpc) is 2.37. The molecule has 1 unspecified atom stereocenters. The molecule has 0 aliphatic heterocycles. The van der Waals surface area contributed by atoms with Crippen molar-refractivity contribution in [1.29, 1.82) is 5.26 Å². The molecule has 1 aromatic carbocycles. The third-order valence-corrected chi connectivity index (χ3v) is 2.32. The zero-order chi connectivity index (χ0) is 12.5. The van der Waals surface area contributed by atoms with Crippen LogP contribution in [0.3, 0.4) is 0 Å². The Morgan fingerprint density at radius 1 is 1.41 bits per heavy atom. The van der Waals surface area contributed by atoms with Gasteiger partial charge in [-0.15, -0.1) is 12.3 Å². The van der Waals surface area contributed by atoms with E-state index in [1.807, 2.05) is 36.4 Å². The van der Waals surface area contributed by atoms with Crippen LogP contribution in [0.5, 0.6) is 0 Å². The van der Waals surface area contributed by atoms with Crippen molar-refractivity contribution < 1.29 is 4.79 Å². The predicted octanol–water partition coefficient (Wildman–Crippen LogP) is 1.51.